The predicted octanol–water partition coefficient (Wildman–Crippen LogP) is 3.21. The molecule has 1 saturated heterocycles. The third-order valence-corrected chi connectivity index (χ3v) is 5.04. The van der Waals surface area contributed by atoms with Crippen molar-refractivity contribution >= 4 is 54.5 Å². The van der Waals surface area contributed by atoms with E-state index in [1.54, 1.807) is 30.4 Å². The second-order valence-electron chi connectivity index (χ2n) is 6.04. The highest BCUT2D eigenvalue weighted by molar-refractivity contribution is 7.13. The molecule has 1 fully saturated rings. The van der Waals surface area contributed by atoms with E-state index in [9.17, 15) is 9.18 Å². The second kappa shape index (κ2) is 11.8. The van der Waals surface area contributed by atoms with Crippen molar-refractivity contribution in [2.75, 3.05) is 26.2 Å². The van der Waals surface area contributed by atoms with Crippen molar-refractivity contribution in [1.29, 1.82) is 0 Å². The molecule has 1 amide bonds. The van der Waals surface area contributed by atoms with E-state index in [-0.39, 0.29) is 48.9 Å². The number of rotatable bonds is 4. The molecular formula is C17H24Cl3FN4OS. The Morgan fingerprint density at radius 2 is 1.78 bits per heavy atom. The minimum Gasteiger partial charge on any atom is -0.339 e. The molecule has 1 aliphatic heterocycles. The van der Waals surface area contributed by atoms with Gasteiger partial charge >= 0.3 is 0 Å². The maximum absolute atomic E-state index is 13.0. The number of nitrogens with zero attached hydrogens (tertiary/aromatic N) is 3. The van der Waals surface area contributed by atoms with Crippen LogP contribution in [-0.4, -0.2) is 52.9 Å². The summed E-state index contributed by atoms with van der Waals surface area (Å²) in [6, 6.07) is 5.95. The summed E-state index contributed by atoms with van der Waals surface area (Å²) in [6.45, 7) is 5.53. The molecule has 0 radical (unpaired) electrons. The van der Waals surface area contributed by atoms with Crippen molar-refractivity contribution in [3.05, 3.63) is 41.2 Å². The lowest BCUT2D eigenvalue weighted by molar-refractivity contribution is -0.134. The molecule has 3 rings (SSSR count). The molecule has 1 aliphatic rings. The highest BCUT2D eigenvalue weighted by Crippen LogP contribution is 2.24. The number of piperazine rings is 1. The van der Waals surface area contributed by atoms with Crippen molar-refractivity contribution < 1.29 is 9.18 Å². The number of hydrogen-bond acceptors (Lipinski definition) is 5. The fourth-order valence-electron chi connectivity index (χ4n) is 2.75. The lowest BCUT2D eigenvalue weighted by Gasteiger charge is -2.35. The lowest BCUT2D eigenvalue weighted by Crippen LogP contribution is -2.52. The van der Waals surface area contributed by atoms with Crippen LogP contribution in [0.1, 0.15) is 12.6 Å². The first-order chi connectivity index (χ1) is 11.5. The van der Waals surface area contributed by atoms with E-state index in [2.05, 4.69) is 9.88 Å². The van der Waals surface area contributed by atoms with Gasteiger partial charge in [-0.05, 0) is 31.2 Å². The Labute approximate surface area is 181 Å². The van der Waals surface area contributed by atoms with Crippen molar-refractivity contribution in [2.45, 2.75) is 19.5 Å². The van der Waals surface area contributed by atoms with E-state index in [1.165, 1.54) is 12.1 Å². The fraction of sp³-hybridized carbons (Fsp3) is 0.412. The van der Waals surface area contributed by atoms with Gasteiger partial charge in [-0.2, -0.15) is 0 Å². The number of carbonyl (C=O) groups is 1. The average molecular weight is 458 g/mol. The van der Waals surface area contributed by atoms with Gasteiger partial charge in [0.15, 0.2) is 0 Å². The van der Waals surface area contributed by atoms with E-state index < -0.39 is 6.04 Å². The van der Waals surface area contributed by atoms with Gasteiger partial charge in [0.2, 0.25) is 5.91 Å². The van der Waals surface area contributed by atoms with Crippen LogP contribution in [0.5, 0.6) is 0 Å². The zero-order valence-electron chi connectivity index (χ0n) is 14.8. The summed E-state index contributed by atoms with van der Waals surface area (Å²) in [5, 5.41) is 2.94. The van der Waals surface area contributed by atoms with Gasteiger partial charge in [0.1, 0.15) is 10.8 Å². The van der Waals surface area contributed by atoms with Gasteiger partial charge in [-0.3, -0.25) is 9.69 Å². The molecule has 2 heterocycles. The van der Waals surface area contributed by atoms with E-state index in [4.69, 9.17) is 5.73 Å². The number of nitrogens with two attached hydrogens (primary N) is 1. The van der Waals surface area contributed by atoms with Crippen LogP contribution in [0.25, 0.3) is 10.6 Å². The third-order valence-electron chi connectivity index (χ3n) is 4.10. The summed E-state index contributed by atoms with van der Waals surface area (Å²) >= 11 is 1.57. The Balaban J connectivity index is 0.00000225. The molecule has 2 N–H and O–H groups in total. The number of halogens is 4. The van der Waals surface area contributed by atoms with Crippen LogP contribution in [0.4, 0.5) is 4.39 Å². The number of hydrogen-bond donors (Lipinski definition) is 1. The molecule has 10 heteroatoms. The van der Waals surface area contributed by atoms with E-state index >= 15 is 0 Å². The first kappa shape index (κ1) is 26.0. The van der Waals surface area contributed by atoms with E-state index in [0.29, 0.717) is 13.1 Å². The molecule has 27 heavy (non-hydrogen) atoms. The molecule has 1 atom stereocenters. The molecule has 1 aromatic carbocycles. The molecule has 5 nitrogen and oxygen atoms in total. The van der Waals surface area contributed by atoms with Gasteiger partial charge in [-0.15, -0.1) is 48.6 Å². The predicted molar refractivity (Wildman–Crippen MR) is 115 cm³/mol. The zero-order valence-corrected chi connectivity index (χ0v) is 18.1. The topological polar surface area (TPSA) is 62.5 Å². The summed E-state index contributed by atoms with van der Waals surface area (Å²) in [6.07, 6.45) is 0. The van der Waals surface area contributed by atoms with E-state index in [0.717, 1.165) is 35.9 Å². The molecule has 2 aromatic rings. The summed E-state index contributed by atoms with van der Waals surface area (Å²) in [4.78, 5) is 20.6. The number of thiazole rings is 1. The van der Waals surface area contributed by atoms with Crippen molar-refractivity contribution in [1.82, 2.24) is 14.8 Å². The lowest BCUT2D eigenvalue weighted by atomic mass is 10.2. The Morgan fingerprint density at radius 1 is 1.19 bits per heavy atom. The maximum Gasteiger partial charge on any atom is 0.239 e. The van der Waals surface area contributed by atoms with Crippen molar-refractivity contribution in [2.24, 2.45) is 5.73 Å². The Hall–Kier alpha value is -0.960. The minimum absolute atomic E-state index is 0. The second-order valence-corrected chi connectivity index (χ2v) is 6.90. The smallest absolute Gasteiger partial charge is 0.239 e. The van der Waals surface area contributed by atoms with Gasteiger partial charge < -0.3 is 10.6 Å². The van der Waals surface area contributed by atoms with Crippen molar-refractivity contribution in [3.8, 4) is 10.6 Å². The number of amides is 1. The van der Waals surface area contributed by atoms with Gasteiger partial charge in [0.05, 0.1) is 11.7 Å². The molecule has 1 aromatic heterocycles. The Kier molecular flexibility index (Phi) is 11.4. The van der Waals surface area contributed by atoms with Gasteiger partial charge in [-0.1, -0.05) is 0 Å². The minimum atomic E-state index is -0.437. The largest absolute Gasteiger partial charge is 0.339 e. The molecular weight excluding hydrogens is 434 g/mol. The van der Waals surface area contributed by atoms with Crippen LogP contribution in [0.2, 0.25) is 0 Å². The fourth-order valence-corrected chi connectivity index (χ4v) is 3.57. The summed E-state index contributed by atoms with van der Waals surface area (Å²) in [5.74, 6) is -0.225. The molecule has 0 bridgehead atoms. The van der Waals surface area contributed by atoms with Crippen LogP contribution in [-0.2, 0) is 11.3 Å². The summed E-state index contributed by atoms with van der Waals surface area (Å²) < 4.78 is 13.0. The normalized spacial score (nSPS) is 15.1. The molecule has 0 spiro atoms. The summed E-state index contributed by atoms with van der Waals surface area (Å²) in [7, 11) is 0. The van der Waals surface area contributed by atoms with Gasteiger partial charge in [0.25, 0.3) is 0 Å². The standard InChI is InChI=1S/C17H21FN4OS.3ClH/c1-12(19)17(23)22-8-6-21(7-9-22)10-15-11-24-16(20-15)13-2-4-14(18)5-3-13;;;/h2-5,11-12H,6-10,19H2,1H3;3*1H/t12-;;;/m1.../s1. The number of benzene rings is 1. The van der Waals surface area contributed by atoms with Crippen LogP contribution in [0.3, 0.4) is 0 Å². The first-order valence-corrected chi connectivity index (χ1v) is 8.88. The van der Waals surface area contributed by atoms with Crippen LogP contribution < -0.4 is 5.73 Å². The summed E-state index contributed by atoms with van der Waals surface area (Å²) in [5.41, 5.74) is 7.59. The number of carbonyl (C=O) groups excluding carboxylic acids is 1. The van der Waals surface area contributed by atoms with Gasteiger partial charge in [-0.25, -0.2) is 9.37 Å². The molecule has 152 valence electrons. The highest BCUT2D eigenvalue weighted by Gasteiger charge is 2.23. The van der Waals surface area contributed by atoms with Gasteiger partial charge in [0, 0.05) is 43.7 Å². The van der Waals surface area contributed by atoms with Crippen LogP contribution >= 0.6 is 48.6 Å². The van der Waals surface area contributed by atoms with Crippen molar-refractivity contribution in [3.63, 3.8) is 0 Å². The molecule has 0 unspecified atom stereocenters. The average Bonchev–Trinajstić information content (AvgIpc) is 3.04. The zero-order chi connectivity index (χ0) is 17.1. The molecule has 0 aliphatic carbocycles. The third kappa shape index (κ3) is 6.85. The first-order valence-electron chi connectivity index (χ1n) is 8.00. The van der Waals surface area contributed by atoms with Crippen LogP contribution in [0.15, 0.2) is 29.6 Å². The maximum atomic E-state index is 13.0. The quantitative estimate of drug-likeness (QED) is 0.766. The number of aromatic nitrogens is 1. The SMILES string of the molecule is C[C@@H](N)C(=O)N1CCN(Cc2csc(-c3ccc(F)cc3)n2)CC1.Cl.Cl.Cl. The van der Waals surface area contributed by atoms with Crippen LogP contribution in [0, 0.1) is 5.82 Å². The Bertz CT molecular complexity index is 706. The highest BCUT2D eigenvalue weighted by atomic mass is 35.5. The Morgan fingerprint density at radius 3 is 2.33 bits per heavy atom. The monoisotopic (exact) mass is 456 g/mol. The van der Waals surface area contributed by atoms with E-state index in [1.807, 2.05) is 10.3 Å². The molecule has 0 saturated carbocycles.